The molecule has 0 spiro atoms. The maximum absolute atomic E-state index is 12.2. The molecule has 2 nitrogen and oxygen atoms in total. The number of allylic oxidation sites excluding steroid dienone is 2. The Morgan fingerprint density at radius 3 is 2.33 bits per heavy atom. The Balaban J connectivity index is 1.75. The smallest absolute Gasteiger partial charge is 0.159 e. The van der Waals surface area contributed by atoms with Gasteiger partial charge in [0.25, 0.3) is 0 Å². The van der Waals surface area contributed by atoms with Crippen molar-refractivity contribution < 1.29 is 9.53 Å². The number of fused-ring (bicyclic) bond motifs is 1. The molecule has 5 rings (SSSR count). The molecule has 0 saturated heterocycles. The van der Waals surface area contributed by atoms with Crippen LogP contribution in [0.5, 0.6) is 5.75 Å². The molecular weight excluding hydrogens is 404 g/mol. The second-order valence-electron chi connectivity index (χ2n) is 11.4. The van der Waals surface area contributed by atoms with Gasteiger partial charge in [0.05, 0.1) is 7.11 Å². The average molecular weight is 443 g/mol. The van der Waals surface area contributed by atoms with E-state index in [2.05, 4.69) is 57.2 Å². The van der Waals surface area contributed by atoms with Crippen LogP contribution in [0.2, 0.25) is 0 Å². The molecule has 2 saturated carbocycles. The molecule has 2 heteroatoms. The zero-order valence-electron chi connectivity index (χ0n) is 21.0. The van der Waals surface area contributed by atoms with Crippen LogP contribution in [0.4, 0.5) is 0 Å². The van der Waals surface area contributed by atoms with Crippen molar-refractivity contribution in [3.8, 4) is 5.75 Å². The van der Waals surface area contributed by atoms with E-state index in [9.17, 15) is 4.79 Å². The SMILES string of the molecule is COc1ccc(C2=C(C3CCCCC3)c3ccc(C(C)=O)cc3C(C)(C)C2)c(C2CC2C)c1. The highest BCUT2D eigenvalue weighted by Gasteiger charge is 2.40. The number of rotatable bonds is 5. The first-order valence-corrected chi connectivity index (χ1v) is 12.9. The normalized spacial score (nSPS) is 24.4. The maximum atomic E-state index is 12.2. The van der Waals surface area contributed by atoms with Crippen LogP contribution in [0.15, 0.2) is 36.4 Å². The minimum Gasteiger partial charge on any atom is -0.497 e. The van der Waals surface area contributed by atoms with Crippen molar-refractivity contribution in [3.63, 3.8) is 0 Å². The van der Waals surface area contributed by atoms with Gasteiger partial charge in [-0.15, -0.1) is 0 Å². The second kappa shape index (κ2) is 8.46. The quantitative estimate of drug-likeness (QED) is 0.436. The van der Waals surface area contributed by atoms with Gasteiger partial charge in [0.1, 0.15) is 5.75 Å². The minimum absolute atomic E-state index is 0.0132. The van der Waals surface area contributed by atoms with Gasteiger partial charge in [-0.1, -0.05) is 58.2 Å². The first-order valence-electron chi connectivity index (χ1n) is 12.9. The number of ether oxygens (including phenoxy) is 1. The van der Waals surface area contributed by atoms with E-state index in [1.165, 1.54) is 60.8 Å². The summed E-state index contributed by atoms with van der Waals surface area (Å²) < 4.78 is 5.64. The van der Waals surface area contributed by atoms with Crippen LogP contribution in [-0.4, -0.2) is 12.9 Å². The lowest BCUT2D eigenvalue weighted by molar-refractivity contribution is 0.101. The molecule has 0 heterocycles. The molecule has 0 radical (unpaired) electrons. The molecule has 0 N–H and O–H groups in total. The predicted molar refractivity (Wildman–Crippen MR) is 137 cm³/mol. The Morgan fingerprint density at radius 1 is 1.00 bits per heavy atom. The monoisotopic (exact) mass is 442 g/mol. The molecule has 0 bridgehead atoms. The Labute approximate surface area is 199 Å². The number of carbonyl (C=O) groups excluding carboxylic acids is 1. The Hall–Kier alpha value is -2.35. The first-order chi connectivity index (χ1) is 15.8. The van der Waals surface area contributed by atoms with Gasteiger partial charge in [-0.2, -0.15) is 0 Å². The molecule has 0 aliphatic heterocycles. The Morgan fingerprint density at radius 2 is 1.70 bits per heavy atom. The average Bonchev–Trinajstić information content (AvgIpc) is 3.55. The van der Waals surface area contributed by atoms with E-state index < -0.39 is 0 Å². The van der Waals surface area contributed by atoms with E-state index in [4.69, 9.17) is 4.74 Å². The fraction of sp³-hybridized carbons (Fsp3) is 0.516. The molecule has 3 aliphatic rings. The summed E-state index contributed by atoms with van der Waals surface area (Å²) >= 11 is 0. The maximum Gasteiger partial charge on any atom is 0.159 e. The number of hydrogen-bond donors (Lipinski definition) is 0. The van der Waals surface area contributed by atoms with Crippen molar-refractivity contribution in [2.24, 2.45) is 11.8 Å². The van der Waals surface area contributed by atoms with E-state index in [1.54, 1.807) is 25.2 Å². The van der Waals surface area contributed by atoms with Crippen molar-refractivity contribution in [2.45, 2.75) is 84.0 Å². The molecule has 174 valence electrons. The van der Waals surface area contributed by atoms with Crippen LogP contribution in [0.25, 0.3) is 11.1 Å². The van der Waals surface area contributed by atoms with Crippen molar-refractivity contribution in [3.05, 3.63) is 64.2 Å². The summed E-state index contributed by atoms with van der Waals surface area (Å²) in [5, 5.41) is 0. The van der Waals surface area contributed by atoms with E-state index in [0.29, 0.717) is 11.8 Å². The van der Waals surface area contributed by atoms with Crippen LogP contribution in [-0.2, 0) is 5.41 Å². The van der Waals surface area contributed by atoms with Gasteiger partial charge in [0.2, 0.25) is 0 Å². The lowest BCUT2D eigenvalue weighted by Gasteiger charge is -2.40. The third-order valence-corrected chi connectivity index (χ3v) is 8.50. The van der Waals surface area contributed by atoms with Gasteiger partial charge in [-0.3, -0.25) is 4.79 Å². The molecule has 2 aromatic rings. The lowest BCUT2D eigenvalue weighted by Crippen LogP contribution is -2.27. The summed E-state index contributed by atoms with van der Waals surface area (Å²) in [5.41, 5.74) is 9.61. The zero-order valence-corrected chi connectivity index (χ0v) is 21.0. The third-order valence-electron chi connectivity index (χ3n) is 8.50. The summed E-state index contributed by atoms with van der Waals surface area (Å²) in [7, 11) is 1.77. The summed E-state index contributed by atoms with van der Waals surface area (Å²) in [5.74, 6) is 3.12. The van der Waals surface area contributed by atoms with Gasteiger partial charge in [-0.25, -0.2) is 0 Å². The molecule has 3 aliphatic carbocycles. The summed E-state index contributed by atoms with van der Waals surface area (Å²) in [6.07, 6.45) is 8.84. The van der Waals surface area contributed by atoms with Crippen molar-refractivity contribution in [1.29, 1.82) is 0 Å². The van der Waals surface area contributed by atoms with Gasteiger partial charge >= 0.3 is 0 Å². The number of ketones is 1. The second-order valence-corrected chi connectivity index (χ2v) is 11.4. The highest BCUT2D eigenvalue weighted by Crippen LogP contribution is 2.55. The van der Waals surface area contributed by atoms with Crippen LogP contribution in [0.1, 0.15) is 111 Å². The molecule has 0 amide bonds. The highest BCUT2D eigenvalue weighted by molar-refractivity contribution is 5.99. The molecule has 2 unspecified atom stereocenters. The number of benzene rings is 2. The predicted octanol–water partition coefficient (Wildman–Crippen LogP) is 8.19. The van der Waals surface area contributed by atoms with E-state index in [1.807, 2.05) is 0 Å². The fourth-order valence-corrected chi connectivity index (χ4v) is 6.46. The van der Waals surface area contributed by atoms with Gasteiger partial charge in [-0.05, 0) is 107 Å². The van der Waals surface area contributed by atoms with E-state index in [-0.39, 0.29) is 11.2 Å². The fourth-order valence-electron chi connectivity index (χ4n) is 6.46. The topological polar surface area (TPSA) is 26.3 Å². The summed E-state index contributed by atoms with van der Waals surface area (Å²) in [6, 6.07) is 13.3. The molecule has 2 fully saturated rings. The van der Waals surface area contributed by atoms with Crippen LogP contribution in [0.3, 0.4) is 0 Å². The molecule has 2 atom stereocenters. The molecular formula is C31H38O2. The van der Waals surface area contributed by atoms with Crippen molar-refractivity contribution >= 4 is 16.9 Å². The number of carbonyl (C=O) groups is 1. The lowest BCUT2D eigenvalue weighted by atomic mass is 9.64. The molecule has 2 aromatic carbocycles. The summed E-state index contributed by atoms with van der Waals surface area (Å²) in [4.78, 5) is 12.2. The third kappa shape index (κ3) is 4.07. The van der Waals surface area contributed by atoms with E-state index >= 15 is 0 Å². The Bertz CT molecular complexity index is 1110. The van der Waals surface area contributed by atoms with Crippen LogP contribution < -0.4 is 4.74 Å². The van der Waals surface area contributed by atoms with Crippen LogP contribution in [0, 0.1) is 11.8 Å². The summed E-state index contributed by atoms with van der Waals surface area (Å²) in [6.45, 7) is 8.77. The zero-order chi connectivity index (χ0) is 23.3. The number of Topliss-reactive ketones (excluding diaryl/α,β-unsaturated/α-hetero) is 1. The van der Waals surface area contributed by atoms with Crippen LogP contribution >= 0.6 is 0 Å². The van der Waals surface area contributed by atoms with E-state index in [0.717, 1.165) is 23.7 Å². The Kier molecular flexibility index (Phi) is 5.75. The standard InChI is InChI=1S/C31H38O2/c1-19-15-26(19)27-17-23(33-5)12-14-24(27)28-18-31(3,4)29-16-22(20(2)32)11-13-25(29)30(28)21-9-7-6-8-10-21/h11-14,16-17,19,21,26H,6-10,15,18H2,1-5H3. The number of methoxy groups -OCH3 is 1. The van der Waals surface area contributed by atoms with Crippen molar-refractivity contribution in [2.75, 3.05) is 7.11 Å². The van der Waals surface area contributed by atoms with Gasteiger partial charge in [0, 0.05) is 5.56 Å². The van der Waals surface area contributed by atoms with Crippen molar-refractivity contribution in [1.82, 2.24) is 0 Å². The molecule has 33 heavy (non-hydrogen) atoms. The number of hydrogen-bond acceptors (Lipinski definition) is 2. The van der Waals surface area contributed by atoms with Gasteiger partial charge in [0.15, 0.2) is 5.78 Å². The van der Waals surface area contributed by atoms with Gasteiger partial charge < -0.3 is 4.74 Å². The molecule has 0 aromatic heterocycles. The minimum atomic E-state index is -0.0132. The largest absolute Gasteiger partial charge is 0.497 e. The first kappa shape index (κ1) is 22.4. The highest BCUT2D eigenvalue weighted by atomic mass is 16.5.